The molecule has 1 aliphatic rings. The largest absolute Gasteiger partial charge is 0.340 e. The van der Waals surface area contributed by atoms with Gasteiger partial charge in [0.05, 0.1) is 6.42 Å². The Morgan fingerprint density at radius 2 is 2.33 bits per heavy atom. The number of hydrogen-bond donors (Lipinski definition) is 1. The van der Waals surface area contributed by atoms with Crippen molar-refractivity contribution < 1.29 is 9.18 Å². The smallest absolute Gasteiger partial charge is 0.227 e. The number of carbonyl (C=O) groups is 1. The lowest BCUT2D eigenvalue weighted by Crippen LogP contribution is -2.51. The van der Waals surface area contributed by atoms with Gasteiger partial charge >= 0.3 is 0 Å². The Morgan fingerprint density at radius 1 is 1.56 bits per heavy atom. The molecule has 4 heteroatoms. The molecule has 1 atom stereocenters. The molecular weight excluding hydrogens is 231 g/mol. The van der Waals surface area contributed by atoms with E-state index < -0.39 is 0 Å². The number of nitrogens with zero attached hydrogens (tertiary/aromatic N) is 1. The van der Waals surface area contributed by atoms with Crippen LogP contribution in [-0.2, 0) is 11.2 Å². The summed E-state index contributed by atoms with van der Waals surface area (Å²) < 4.78 is 13.1. The van der Waals surface area contributed by atoms with Crippen LogP contribution in [0.1, 0.15) is 18.1 Å². The fourth-order valence-electron chi connectivity index (χ4n) is 2.26. The van der Waals surface area contributed by atoms with E-state index >= 15 is 0 Å². The lowest BCUT2D eigenvalue weighted by Gasteiger charge is -2.32. The summed E-state index contributed by atoms with van der Waals surface area (Å²) in [5.41, 5.74) is 1.47. The number of aryl methyl sites for hydroxylation is 1. The zero-order valence-corrected chi connectivity index (χ0v) is 10.9. The molecule has 1 heterocycles. The van der Waals surface area contributed by atoms with Crippen LogP contribution in [-0.4, -0.2) is 36.5 Å². The van der Waals surface area contributed by atoms with Crippen molar-refractivity contribution in [2.45, 2.75) is 26.3 Å². The van der Waals surface area contributed by atoms with Crippen LogP contribution < -0.4 is 5.32 Å². The SMILES string of the molecule is Cc1cc(CC(=O)N2CCNC(C)C2)ccc1F. The average molecular weight is 250 g/mol. The van der Waals surface area contributed by atoms with E-state index in [1.54, 1.807) is 19.1 Å². The summed E-state index contributed by atoms with van der Waals surface area (Å²) in [7, 11) is 0. The summed E-state index contributed by atoms with van der Waals surface area (Å²) >= 11 is 0. The first-order valence-electron chi connectivity index (χ1n) is 6.32. The first kappa shape index (κ1) is 13.0. The highest BCUT2D eigenvalue weighted by atomic mass is 19.1. The van der Waals surface area contributed by atoms with Crippen molar-refractivity contribution in [3.05, 3.63) is 35.1 Å². The molecule has 1 saturated heterocycles. The number of halogens is 1. The fraction of sp³-hybridized carbons (Fsp3) is 0.500. The highest BCUT2D eigenvalue weighted by molar-refractivity contribution is 5.79. The third-order valence-corrected chi connectivity index (χ3v) is 3.30. The standard InChI is InChI=1S/C14H19FN2O/c1-10-7-12(3-4-13(10)15)8-14(18)17-6-5-16-11(2)9-17/h3-4,7,11,16H,5-6,8-9H2,1-2H3. The average Bonchev–Trinajstić information content (AvgIpc) is 2.34. The minimum atomic E-state index is -0.220. The third-order valence-electron chi connectivity index (χ3n) is 3.30. The van der Waals surface area contributed by atoms with Crippen LogP contribution in [0.25, 0.3) is 0 Å². The summed E-state index contributed by atoms with van der Waals surface area (Å²) in [6, 6.07) is 5.21. The van der Waals surface area contributed by atoms with E-state index in [1.807, 2.05) is 4.90 Å². The molecule has 18 heavy (non-hydrogen) atoms. The monoisotopic (exact) mass is 250 g/mol. The van der Waals surface area contributed by atoms with Crippen LogP contribution in [0.4, 0.5) is 4.39 Å². The Bertz CT molecular complexity index is 447. The fourth-order valence-corrected chi connectivity index (χ4v) is 2.26. The highest BCUT2D eigenvalue weighted by Gasteiger charge is 2.20. The number of rotatable bonds is 2. The van der Waals surface area contributed by atoms with Crippen LogP contribution in [0, 0.1) is 12.7 Å². The van der Waals surface area contributed by atoms with Gasteiger partial charge in [0.15, 0.2) is 0 Å². The maximum absolute atomic E-state index is 13.1. The molecule has 1 aromatic carbocycles. The molecule has 0 radical (unpaired) electrons. The molecule has 1 unspecified atom stereocenters. The molecule has 1 N–H and O–H groups in total. The predicted molar refractivity (Wildman–Crippen MR) is 68.9 cm³/mol. The third kappa shape index (κ3) is 3.07. The lowest BCUT2D eigenvalue weighted by atomic mass is 10.1. The predicted octanol–water partition coefficient (Wildman–Crippen LogP) is 1.50. The van der Waals surface area contributed by atoms with Gasteiger partial charge in [-0.05, 0) is 31.0 Å². The van der Waals surface area contributed by atoms with E-state index in [1.165, 1.54) is 6.07 Å². The molecule has 0 bridgehead atoms. The highest BCUT2D eigenvalue weighted by Crippen LogP contribution is 2.11. The Labute approximate surface area is 107 Å². The van der Waals surface area contributed by atoms with Crippen LogP contribution in [0.5, 0.6) is 0 Å². The van der Waals surface area contributed by atoms with Crippen LogP contribution in [0.2, 0.25) is 0 Å². The van der Waals surface area contributed by atoms with E-state index in [-0.39, 0.29) is 11.7 Å². The van der Waals surface area contributed by atoms with E-state index in [9.17, 15) is 9.18 Å². The van der Waals surface area contributed by atoms with Crippen molar-refractivity contribution in [2.24, 2.45) is 0 Å². The summed E-state index contributed by atoms with van der Waals surface area (Å²) in [4.78, 5) is 14.0. The topological polar surface area (TPSA) is 32.3 Å². The Morgan fingerprint density at radius 3 is 3.00 bits per heavy atom. The minimum Gasteiger partial charge on any atom is -0.340 e. The number of amides is 1. The van der Waals surface area contributed by atoms with E-state index in [0.29, 0.717) is 18.0 Å². The lowest BCUT2D eigenvalue weighted by molar-refractivity contribution is -0.131. The van der Waals surface area contributed by atoms with Gasteiger partial charge in [0, 0.05) is 25.7 Å². The van der Waals surface area contributed by atoms with Crippen LogP contribution >= 0.6 is 0 Å². The maximum Gasteiger partial charge on any atom is 0.227 e. The summed E-state index contributed by atoms with van der Waals surface area (Å²) in [5, 5.41) is 3.30. The number of benzene rings is 1. The van der Waals surface area contributed by atoms with Crippen molar-refractivity contribution >= 4 is 5.91 Å². The molecule has 1 aliphatic heterocycles. The molecule has 0 aliphatic carbocycles. The maximum atomic E-state index is 13.1. The summed E-state index contributed by atoms with van der Waals surface area (Å²) in [6.07, 6.45) is 0.355. The van der Waals surface area contributed by atoms with Gasteiger partial charge in [-0.25, -0.2) is 4.39 Å². The van der Waals surface area contributed by atoms with Gasteiger partial charge in [-0.2, -0.15) is 0 Å². The molecule has 1 amide bonds. The van der Waals surface area contributed by atoms with Crippen molar-refractivity contribution in [1.82, 2.24) is 10.2 Å². The number of nitrogens with one attached hydrogen (secondary N) is 1. The quantitative estimate of drug-likeness (QED) is 0.862. The molecule has 1 fully saturated rings. The Hall–Kier alpha value is -1.42. The molecular formula is C14H19FN2O. The van der Waals surface area contributed by atoms with E-state index in [2.05, 4.69) is 12.2 Å². The van der Waals surface area contributed by atoms with Gasteiger partial charge in [0.1, 0.15) is 5.82 Å². The van der Waals surface area contributed by atoms with Gasteiger partial charge in [-0.1, -0.05) is 12.1 Å². The molecule has 0 saturated carbocycles. The molecule has 3 nitrogen and oxygen atoms in total. The van der Waals surface area contributed by atoms with Gasteiger partial charge in [-0.3, -0.25) is 4.79 Å². The number of carbonyl (C=O) groups excluding carboxylic acids is 1. The van der Waals surface area contributed by atoms with Crippen molar-refractivity contribution in [3.63, 3.8) is 0 Å². The second kappa shape index (κ2) is 5.48. The zero-order chi connectivity index (χ0) is 13.1. The van der Waals surface area contributed by atoms with E-state index in [0.717, 1.165) is 25.2 Å². The number of piperazine rings is 1. The molecule has 0 aromatic heterocycles. The van der Waals surface area contributed by atoms with Gasteiger partial charge in [-0.15, -0.1) is 0 Å². The second-order valence-electron chi connectivity index (χ2n) is 4.96. The first-order valence-corrected chi connectivity index (χ1v) is 6.32. The van der Waals surface area contributed by atoms with Gasteiger partial charge in [0.2, 0.25) is 5.91 Å². The summed E-state index contributed by atoms with van der Waals surface area (Å²) in [6.45, 7) is 6.13. The molecule has 0 spiro atoms. The Balaban J connectivity index is 2.00. The van der Waals surface area contributed by atoms with Gasteiger partial charge < -0.3 is 10.2 Å². The minimum absolute atomic E-state index is 0.120. The van der Waals surface area contributed by atoms with E-state index in [4.69, 9.17) is 0 Å². The normalized spacial score (nSPS) is 19.9. The molecule has 98 valence electrons. The van der Waals surface area contributed by atoms with Crippen LogP contribution in [0.15, 0.2) is 18.2 Å². The van der Waals surface area contributed by atoms with Crippen LogP contribution in [0.3, 0.4) is 0 Å². The summed E-state index contributed by atoms with van der Waals surface area (Å²) in [5.74, 6) is -0.101. The van der Waals surface area contributed by atoms with Crippen molar-refractivity contribution in [2.75, 3.05) is 19.6 Å². The van der Waals surface area contributed by atoms with Crippen molar-refractivity contribution in [1.29, 1.82) is 0 Å². The first-order chi connectivity index (χ1) is 8.56. The Kier molecular flexibility index (Phi) is 3.97. The molecule has 2 rings (SSSR count). The molecule has 1 aromatic rings. The van der Waals surface area contributed by atoms with Gasteiger partial charge in [0.25, 0.3) is 0 Å². The zero-order valence-electron chi connectivity index (χ0n) is 10.9. The second-order valence-corrected chi connectivity index (χ2v) is 4.96. The number of hydrogen-bond acceptors (Lipinski definition) is 2. The van der Waals surface area contributed by atoms with Crippen molar-refractivity contribution in [3.8, 4) is 0 Å².